The molecule has 2 rings (SSSR count). The summed E-state index contributed by atoms with van der Waals surface area (Å²) in [6.07, 6.45) is 1.69. The molecule has 16 heavy (non-hydrogen) atoms. The SMILES string of the molecule is CCNCC(C)c1csc(-c2cn[nH]n2)n1. The van der Waals surface area contributed by atoms with Crippen LogP contribution < -0.4 is 5.32 Å². The minimum Gasteiger partial charge on any atom is -0.316 e. The van der Waals surface area contributed by atoms with Gasteiger partial charge in [0.15, 0.2) is 0 Å². The van der Waals surface area contributed by atoms with Gasteiger partial charge in [0.1, 0.15) is 10.7 Å². The molecule has 0 aromatic carbocycles. The highest BCUT2D eigenvalue weighted by molar-refractivity contribution is 7.13. The highest BCUT2D eigenvalue weighted by Gasteiger charge is 2.11. The molecular weight excluding hydrogens is 222 g/mol. The molecule has 5 nitrogen and oxygen atoms in total. The highest BCUT2D eigenvalue weighted by atomic mass is 32.1. The molecule has 0 aliphatic rings. The van der Waals surface area contributed by atoms with Crippen molar-refractivity contribution in [1.29, 1.82) is 0 Å². The minimum atomic E-state index is 0.428. The standard InChI is InChI=1S/C10H15N5S/c1-3-11-4-7(2)9-6-16-10(13-9)8-5-12-15-14-8/h5-7,11H,3-4H2,1-2H3,(H,12,14,15). The number of hydrogen-bond donors (Lipinski definition) is 2. The minimum absolute atomic E-state index is 0.428. The lowest BCUT2D eigenvalue weighted by atomic mass is 10.1. The van der Waals surface area contributed by atoms with Crippen LogP contribution in [0.1, 0.15) is 25.5 Å². The fraction of sp³-hybridized carbons (Fsp3) is 0.500. The van der Waals surface area contributed by atoms with Crippen LogP contribution in [0, 0.1) is 0 Å². The first-order chi connectivity index (χ1) is 7.81. The van der Waals surface area contributed by atoms with Crippen molar-refractivity contribution < 1.29 is 0 Å². The van der Waals surface area contributed by atoms with Crippen LogP contribution in [0.3, 0.4) is 0 Å². The molecule has 2 N–H and O–H groups in total. The number of thiazole rings is 1. The van der Waals surface area contributed by atoms with Crippen LogP contribution in [0.25, 0.3) is 10.7 Å². The maximum Gasteiger partial charge on any atom is 0.145 e. The number of likely N-dealkylation sites (N-methyl/N-ethyl adjacent to an activating group) is 1. The Labute approximate surface area is 98.3 Å². The van der Waals surface area contributed by atoms with E-state index in [1.54, 1.807) is 17.5 Å². The fourth-order valence-electron chi connectivity index (χ4n) is 1.40. The lowest BCUT2D eigenvalue weighted by molar-refractivity contribution is 0.626. The third-order valence-electron chi connectivity index (χ3n) is 2.36. The fourth-order valence-corrected chi connectivity index (χ4v) is 2.29. The molecule has 1 unspecified atom stereocenters. The first kappa shape index (κ1) is 11.2. The van der Waals surface area contributed by atoms with E-state index < -0.39 is 0 Å². The monoisotopic (exact) mass is 237 g/mol. The number of H-pyrrole nitrogens is 1. The molecule has 6 heteroatoms. The van der Waals surface area contributed by atoms with E-state index in [0.717, 1.165) is 29.5 Å². The van der Waals surface area contributed by atoms with E-state index in [2.05, 4.69) is 44.9 Å². The zero-order valence-electron chi connectivity index (χ0n) is 9.40. The first-order valence-electron chi connectivity index (χ1n) is 5.33. The van der Waals surface area contributed by atoms with Crippen LogP contribution in [0.5, 0.6) is 0 Å². The van der Waals surface area contributed by atoms with Crippen molar-refractivity contribution in [2.24, 2.45) is 0 Å². The van der Waals surface area contributed by atoms with Crippen molar-refractivity contribution in [3.8, 4) is 10.7 Å². The van der Waals surface area contributed by atoms with E-state index >= 15 is 0 Å². The van der Waals surface area contributed by atoms with Gasteiger partial charge < -0.3 is 5.32 Å². The molecule has 1 atom stereocenters. The second kappa shape index (κ2) is 5.18. The van der Waals surface area contributed by atoms with Gasteiger partial charge in [-0.15, -0.1) is 11.3 Å². The molecular formula is C10H15N5S. The van der Waals surface area contributed by atoms with Crippen molar-refractivity contribution in [2.45, 2.75) is 19.8 Å². The summed E-state index contributed by atoms with van der Waals surface area (Å²) >= 11 is 1.61. The normalized spacial score (nSPS) is 12.9. The van der Waals surface area contributed by atoms with Gasteiger partial charge in [0.05, 0.1) is 11.9 Å². The summed E-state index contributed by atoms with van der Waals surface area (Å²) in [4.78, 5) is 4.56. The average Bonchev–Trinajstić information content (AvgIpc) is 2.94. The van der Waals surface area contributed by atoms with Crippen LogP contribution in [-0.2, 0) is 0 Å². The Kier molecular flexibility index (Phi) is 3.63. The number of aromatic nitrogens is 4. The van der Waals surface area contributed by atoms with Crippen LogP contribution in [0.2, 0.25) is 0 Å². The van der Waals surface area contributed by atoms with Gasteiger partial charge in [-0.25, -0.2) is 4.98 Å². The van der Waals surface area contributed by atoms with Gasteiger partial charge in [0, 0.05) is 17.8 Å². The molecule has 86 valence electrons. The van der Waals surface area contributed by atoms with Crippen molar-refractivity contribution in [1.82, 2.24) is 25.7 Å². The maximum absolute atomic E-state index is 4.56. The smallest absolute Gasteiger partial charge is 0.145 e. The van der Waals surface area contributed by atoms with Gasteiger partial charge in [0.25, 0.3) is 0 Å². The molecule has 2 aromatic heterocycles. The molecule has 0 aliphatic heterocycles. The number of nitrogens with zero attached hydrogens (tertiary/aromatic N) is 3. The number of rotatable bonds is 5. The van der Waals surface area contributed by atoms with E-state index in [0.29, 0.717) is 5.92 Å². The Morgan fingerprint density at radius 1 is 1.56 bits per heavy atom. The molecule has 0 aliphatic carbocycles. The topological polar surface area (TPSA) is 66.5 Å². The first-order valence-corrected chi connectivity index (χ1v) is 6.21. The van der Waals surface area contributed by atoms with Crippen LogP contribution >= 0.6 is 11.3 Å². The summed E-state index contributed by atoms with van der Waals surface area (Å²) in [5.41, 5.74) is 1.93. The van der Waals surface area contributed by atoms with Crippen molar-refractivity contribution in [3.05, 3.63) is 17.3 Å². The summed E-state index contributed by atoms with van der Waals surface area (Å²) in [6.45, 7) is 6.22. The zero-order valence-corrected chi connectivity index (χ0v) is 10.2. The van der Waals surface area contributed by atoms with E-state index in [1.165, 1.54) is 0 Å². The number of hydrogen-bond acceptors (Lipinski definition) is 5. The zero-order chi connectivity index (χ0) is 11.4. The third kappa shape index (κ3) is 2.45. The van der Waals surface area contributed by atoms with E-state index in [9.17, 15) is 0 Å². The maximum atomic E-state index is 4.56. The van der Waals surface area contributed by atoms with Crippen LogP contribution in [-0.4, -0.2) is 33.5 Å². The molecule has 2 heterocycles. The predicted molar refractivity (Wildman–Crippen MR) is 64.4 cm³/mol. The van der Waals surface area contributed by atoms with Crippen molar-refractivity contribution >= 4 is 11.3 Å². The lowest BCUT2D eigenvalue weighted by Gasteiger charge is -2.07. The van der Waals surface area contributed by atoms with E-state index in [-0.39, 0.29) is 0 Å². The quantitative estimate of drug-likeness (QED) is 0.829. The summed E-state index contributed by atoms with van der Waals surface area (Å²) in [5.74, 6) is 0.428. The summed E-state index contributed by atoms with van der Waals surface area (Å²) in [5, 5.41) is 16.7. The van der Waals surface area contributed by atoms with E-state index in [4.69, 9.17) is 0 Å². The van der Waals surface area contributed by atoms with Gasteiger partial charge in [-0.05, 0) is 6.54 Å². The molecule has 0 radical (unpaired) electrons. The molecule has 0 fully saturated rings. The Bertz CT molecular complexity index is 422. The van der Waals surface area contributed by atoms with Gasteiger partial charge >= 0.3 is 0 Å². The van der Waals surface area contributed by atoms with Crippen molar-refractivity contribution in [3.63, 3.8) is 0 Å². The van der Waals surface area contributed by atoms with Crippen LogP contribution in [0.15, 0.2) is 11.6 Å². The summed E-state index contributed by atoms with van der Waals surface area (Å²) in [6, 6.07) is 0. The molecule has 0 saturated heterocycles. The van der Waals surface area contributed by atoms with Gasteiger partial charge in [0.2, 0.25) is 0 Å². The largest absolute Gasteiger partial charge is 0.316 e. The highest BCUT2D eigenvalue weighted by Crippen LogP contribution is 2.24. The Hall–Kier alpha value is -1.27. The summed E-state index contributed by atoms with van der Waals surface area (Å²) < 4.78 is 0. The third-order valence-corrected chi connectivity index (χ3v) is 3.24. The molecule has 0 spiro atoms. The Balaban J connectivity index is 2.07. The van der Waals surface area contributed by atoms with Crippen LogP contribution in [0.4, 0.5) is 0 Å². The lowest BCUT2D eigenvalue weighted by Crippen LogP contribution is -2.19. The van der Waals surface area contributed by atoms with E-state index in [1.807, 2.05) is 0 Å². The summed E-state index contributed by atoms with van der Waals surface area (Å²) in [7, 11) is 0. The molecule has 0 saturated carbocycles. The molecule has 0 bridgehead atoms. The second-order valence-corrected chi connectivity index (χ2v) is 4.50. The molecule has 0 amide bonds. The second-order valence-electron chi connectivity index (χ2n) is 3.64. The van der Waals surface area contributed by atoms with Gasteiger partial charge in [-0.2, -0.15) is 15.4 Å². The predicted octanol–water partition coefficient (Wildman–Crippen LogP) is 1.64. The number of nitrogens with one attached hydrogen (secondary N) is 2. The van der Waals surface area contributed by atoms with Gasteiger partial charge in [-0.1, -0.05) is 13.8 Å². The Morgan fingerprint density at radius 2 is 2.44 bits per heavy atom. The Morgan fingerprint density at radius 3 is 3.12 bits per heavy atom. The average molecular weight is 237 g/mol. The number of aromatic amines is 1. The van der Waals surface area contributed by atoms with Crippen molar-refractivity contribution in [2.75, 3.05) is 13.1 Å². The molecule has 2 aromatic rings. The van der Waals surface area contributed by atoms with Gasteiger partial charge in [-0.3, -0.25) is 0 Å².